The minimum Gasteiger partial charge on any atom is -0.465 e. The number of allylic oxidation sites excluding steroid dienone is 2. The first-order valence-electron chi connectivity index (χ1n) is 10.5. The molecule has 5 rings (SSSR count). The van der Waals surface area contributed by atoms with E-state index in [2.05, 4.69) is 52.4 Å². The van der Waals surface area contributed by atoms with Crippen molar-refractivity contribution in [2.75, 3.05) is 6.61 Å². The lowest BCUT2D eigenvalue weighted by atomic mass is 9.89. The normalized spacial score (nSPS) is 13.5. The van der Waals surface area contributed by atoms with Gasteiger partial charge in [-0.25, -0.2) is 0 Å². The summed E-state index contributed by atoms with van der Waals surface area (Å²) in [6, 6.07) is 8.91. The molecule has 0 fully saturated rings. The molecule has 0 amide bonds. The van der Waals surface area contributed by atoms with Gasteiger partial charge >= 0.3 is 0 Å². The summed E-state index contributed by atoms with van der Waals surface area (Å²) in [5, 5.41) is 4.16. The third-order valence-corrected chi connectivity index (χ3v) is 5.67. The first kappa shape index (κ1) is 19.3. The van der Waals surface area contributed by atoms with Gasteiger partial charge in [0.1, 0.15) is 11.3 Å². The highest BCUT2D eigenvalue weighted by atomic mass is 16.5. The number of imidazole rings is 1. The Hall–Kier alpha value is -3.67. The van der Waals surface area contributed by atoms with Crippen molar-refractivity contribution in [3.63, 3.8) is 0 Å². The summed E-state index contributed by atoms with van der Waals surface area (Å²) in [6.07, 6.45) is 6.95. The van der Waals surface area contributed by atoms with Gasteiger partial charge in [-0.15, -0.1) is 0 Å². The van der Waals surface area contributed by atoms with Gasteiger partial charge in [-0.1, -0.05) is 22.9 Å². The fourth-order valence-electron chi connectivity index (χ4n) is 4.35. The number of aryl methyl sites for hydroxylation is 2. The predicted octanol–water partition coefficient (Wildman–Crippen LogP) is 5.87. The molecule has 6 nitrogen and oxygen atoms in total. The first-order valence-corrected chi connectivity index (χ1v) is 10.5. The first-order chi connectivity index (χ1) is 15.1. The second-order valence-electron chi connectivity index (χ2n) is 7.79. The number of nitrogens with zero attached hydrogens (tertiary/aromatic N) is 3. The molecule has 6 heteroatoms. The van der Waals surface area contributed by atoms with E-state index in [1.807, 2.05) is 33.0 Å². The van der Waals surface area contributed by atoms with Crippen molar-refractivity contribution in [2.45, 2.75) is 34.1 Å². The molecule has 0 aliphatic heterocycles. The Morgan fingerprint density at radius 3 is 2.81 bits per heavy atom. The number of fused-ring (bicyclic) bond motifs is 2. The summed E-state index contributed by atoms with van der Waals surface area (Å²) in [5.74, 6) is 0.794. The minimum absolute atomic E-state index is 0.520. The van der Waals surface area contributed by atoms with Gasteiger partial charge in [0.05, 0.1) is 23.5 Å². The van der Waals surface area contributed by atoms with Crippen molar-refractivity contribution < 1.29 is 9.26 Å². The molecule has 1 aliphatic carbocycles. The highest BCUT2D eigenvalue weighted by Gasteiger charge is 2.22. The molecule has 1 aromatic carbocycles. The van der Waals surface area contributed by atoms with Gasteiger partial charge in [-0.2, -0.15) is 4.98 Å². The molecule has 1 N–H and O–H groups in total. The molecule has 3 heterocycles. The Morgan fingerprint density at radius 1 is 1.16 bits per heavy atom. The Bertz CT molecular complexity index is 1340. The quantitative estimate of drug-likeness (QED) is 0.454. The van der Waals surface area contributed by atoms with Crippen LogP contribution in [0, 0.1) is 13.8 Å². The van der Waals surface area contributed by atoms with E-state index >= 15 is 0 Å². The van der Waals surface area contributed by atoms with Crippen molar-refractivity contribution in [2.24, 2.45) is 0 Å². The van der Waals surface area contributed by atoms with Crippen molar-refractivity contribution in [3.8, 4) is 17.1 Å². The van der Waals surface area contributed by atoms with Gasteiger partial charge in [-0.05, 0) is 69.5 Å². The molecule has 0 radical (unpaired) electrons. The van der Waals surface area contributed by atoms with E-state index in [1.165, 1.54) is 5.57 Å². The number of benzene rings is 1. The summed E-state index contributed by atoms with van der Waals surface area (Å²) < 4.78 is 11.1. The molecule has 0 bridgehead atoms. The number of aromatic nitrogens is 4. The van der Waals surface area contributed by atoms with E-state index in [9.17, 15) is 0 Å². The summed E-state index contributed by atoms with van der Waals surface area (Å²) in [6.45, 7) is 8.58. The Balaban J connectivity index is 1.84. The molecule has 0 spiro atoms. The van der Waals surface area contributed by atoms with Crippen LogP contribution in [-0.4, -0.2) is 26.7 Å². The summed E-state index contributed by atoms with van der Waals surface area (Å²) in [4.78, 5) is 12.7. The average molecular weight is 412 g/mol. The maximum absolute atomic E-state index is 5.69. The van der Waals surface area contributed by atoms with Gasteiger partial charge in [-0.3, -0.25) is 4.98 Å². The molecule has 156 valence electrons. The molecule has 1 aliphatic rings. The average Bonchev–Trinajstić information content (AvgIpc) is 3.26. The van der Waals surface area contributed by atoms with Crippen molar-refractivity contribution >= 4 is 22.7 Å². The Labute approximate surface area is 180 Å². The smallest absolute Gasteiger partial charge is 0.294 e. The predicted molar refractivity (Wildman–Crippen MR) is 122 cm³/mol. The van der Waals surface area contributed by atoms with Gasteiger partial charge in [0, 0.05) is 22.9 Å². The van der Waals surface area contributed by atoms with Crippen molar-refractivity contribution in [1.29, 1.82) is 0 Å². The third kappa shape index (κ3) is 3.24. The van der Waals surface area contributed by atoms with Gasteiger partial charge in [0.15, 0.2) is 0 Å². The highest BCUT2D eigenvalue weighted by Crippen LogP contribution is 2.40. The summed E-state index contributed by atoms with van der Waals surface area (Å²) in [7, 11) is 0. The summed E-state index contributed by atoms with van der Waals surface area (Å²) in [5.41, 5.74) is 10.2. The van der Waals surface area contributed by atoms with E-state index in [0.717, 1.165) is 62.4 Å². The molecule has 4 aromatic rings. The van der Waals surface area contributed by atoms with E-state index < -0.39 is 0 Å². The SMILES string of the molecule is CCOc1nc2c(C3=C(C)CC=Cc4ncccc43)cc(-c3c(C)noc3C)cc2[nH]1. The van der Waals surface area contributed by atoms with Crippen molar-refractivity contribution in [3.05, 3.63) is 70.4 Å². The standard InChI is InChI=1S/C25H24N4O2/c1-5-30-25-27-21-13-17(23-15(3)29-31-16(23)4)12-19(24(21)28-25)22-14(2)8-6-10-20-18(22)9-7-11-26-20/h6-7,9-13H,5,8H2,1-4H3,(H,27,28). The largest absolute Gasteiger partial charge is 0.465 e. The van der Waals surface area contributed by atoms with E-state index in [-0.39, 0.29) is 0 Å². The Morgan fingerprint density at radius 2 is 2.03 bits per heavy atom. The molecule has 0 atom stereocenters. The van der Waals surface area contributed by atoms with Crippen LogP contribution in [0.1, 0.15) is 48.5 Å². The van der Waals surface area contributed by atoms with Gasteiger partial charge in [0.25, 0.3) is 6.01 Å². The lowest BCUT2D eigenvalue weighted by Gasteiger charge is -2.15. The monoisotopic (exact) mass is 412 g/mol. The van der Waals surface area contributed by atoms with Gasteiger partial charge in [0.2, 0.25) is 0 Å². The van der Waals surface area contributed by atoms with Crippen LogP contribution < -0.4 is 4.74 Å². The zero-order chi connectivity index (χ0) is 21.5. The molecule has 0 unspecified atom stereocenters. The van der Waals surface area contributed by atoms with E-state index in [0.29, 0.717) is 12.6 Å². The zero-order valence-electron chi connectivity index (χ0n) is 18.1. The van der Waals surface area contributed by atoms with E-state index in [1.54, 1.807) is 0 Å². The molecular formula is C25H24N4O2. The maximum Gasteiger partial charge on any atom is 0.294 e. The zero-order valence-corrected chi connectivity index (χ0v) is 18.1. The van der Waals surface area contributed by atoms with Crippen LogP contribution in [0.3, 0.4) is 0 Å². The van der Waals surface area contributed by atoms with Crippen LogP contribution >= 0.6 is 0 Å². The lowest BCUT2D eigenvalue weighted by Crippen LogP contribution is -1.98. The molecule has 3 aromatic heterocycles. The van der Waals surface area contributed by atoms with Gasteiger partial charge < -0.3 is 14.2 Å². The lowest BCUT2D eigenvalue weighted by molar-refractivity contribution is 0.317. The minimum atomic E-state index is 0.520. The summed E-state index contributed by atoms with van der Waals surface area (Å²) >= 11 is 0. The van der Waals surface area contributed by atoms with Crippen LogP contribution in [0.5, 0.6) is 6.01 Å². The number of ether oxygens (including phenoxy) is 1. The number of pyridine rings is 1. The number of H-pyrrole nitrogens is 1. The number of rotatable bonds is 4. The number of aromatic amines is 1. The van der Waals surface area contributed by atoms with Crippen LogP contribution in [0.15, 0.2) is 46.6 Å². The molecule has 31 heavy (non-hydrogen) atoms. The second kappa shape index (κ2) is 7.54. The fraction of sp³-hybridized carbons (Fsp3) is 0.240. The second-order valence-corrected chi connectivity index (χ2v) is 7.79. The van der Waals surface area contributed by atoms with Crippen LogP contribution in [0.25, 0.3) is 33.8 Å². The maximum atomic E-state index is 5.69. The number of hydrogen-bond donors (Lipinski definition) is 1. The van der Waals surface area contributed by atoms with Crippen LogP contribution in [-0.2, 0) is 0 Å². The van der Waals surface area contributed by atoms with E-state index in [4.69, 9.17) is 14.2 Å². The van der Waals surface area contributed by atoms with Crippen LogP contribution in [0.4, 0.5) is 0 Å². The molecule has 0 saturated carbocycles. The third-order valence-electron chi connectivity index (χ3n) is 5.67. The molecule has 0 saturated heterocycles. The fourth-order valence-corrected chi connectivity index (χ4v) is 4.35. The topological polar surface area (TPSA) is 76.8 Å². The van der Waals surface area contributed by atoms with Crippen molar-refractivity contribution in [1.82, 2.24) is 20.1 Å². The number of hydrogen-bond acceptors (Lipinski definition) is 5. The van der Waals surface area contributed by atoms with Crippen LogP contribution in [0.2, 0.25) is 0 Å². The number of nitrogens with one attached hydrogen (secondary N) is 1. The highest BCUT2D eigenvalue weighted by molar-refractivity contribution is 6.00. The molecular weight excluding hydrogens is 388 g/mol. The Kier molecular flexibility index (Phi) is 4.70.